The van der Waals surface area contributed by atoms with Gasteiger partial charge in [-0.05, 0) is 42.5 Å². The number of hydrogen-bond acceptors (Lipinski definition) is 2. The van der Waals surface area contributed by atoms with E-state index in [1.807, 2.05) is 25.1 Å². The van der Waals surface area contributed by atoms with Crippen LogP contribution in [0.2, 0.25) is 0 Å². The maximum Gasteiger partial charge on any atom is 0.251 e. The molecule has 0 saturated heterocycles. The number of amides is 1. The van der Waals surface area contributed by atoms with Crippen molar-refractivity contribution in [3.05, 3.63) is 29.3 Å². The molecule has 0 spiro atoms. The van der Waals surface area contributed by atoms with Gasteiger partial charge in [-0.3, -0.25) is 4.79 Å². The average molecular weight is 262 g/mol. The molecule has 0 atom stereocenters. The summed E-state index contributed by atoms with van der Waals surface area (Å²) in [6.45, 7) is 12.1. The van der Waals surface area contributed by atoms with Gasteiger partial charge in [-0.15, -0.1) is 0 Å². The van der Waals surface area contributed by atoms with Crippen molar-refractivity contribution in [2.45, 2.75) is 41.0 Å². The molecule has 0 radical (unpaired) electrons. The number of carbonyl (C=O) groups excluding carboxylic acids is 1. The minimum atomic E-state index is 0.00877. The molecule has 0 aliphatic rings. The molecule has 0 aliphatic heterocycles. The molecule has 19 heavy (non-hydrogen) atoms. The predicted molar refractivity (Wildman–Crippen MR) is 81.7 cm³/mol. The van der Waals surface area contributed by atoms with Crippen LogP contribution in [0.15, 0.2) is 18.2 Å². The lowest BCUT2D eigenvalue weighted by Crippen LogP contribution is -2.32. The maximum absolute atomic E-state index is 12.1. The number of carbonyl (C=O) groups is 1. The lowest BCUT2D eigenvalue weighted by Gasteiger charge is -2.19. The van der Waals surface area contributed by atoms with E-state index >= 15 is 0 Å². The Bertz CT molecular complexity index is 433. The molecule has 3 heteroatoms. The highest BCUT2D eigenvalue weighted by molar-refractivity contribution is 5.96. The topological polar surface area (TPSA) is 41.1 Å². The molecule has 0 unspecified atom stereocenters. The van der Waals surface area contributed by atoms with Gasteiger partial charge in [-0.2, -0.15) is 0 Å². The Morgan fingerprint density at radius 2 is 1.95 bits per heavy atom. The highest BCUT2D eigenvalue weighted by atomic mass is 16.1. The first-order valence-corrected chi connectivity index (χ1v) is 6.96. The van der Waals surface area contributed by atoms with Crippen LogP contribution in [-0.4, -0.2) is 19.0 Å². The van der Waals surface area contributed by atoms with Gasteiger partial charge in [0.25, 0.3) is 5.91 Å². The van der Waals surface area contributed by atoms with Crippen molar-refractivity contribution in [3.8, 4) is 0 Å². The maximum atomic E-state index is 12.1. The van der Waals surface area contributed by atoms with E-state index in [-0.39, 0.29) is 11.3 Å². The Kier molecular flexibility index (Phi) is 5.40. The molecule has 0 bridgehead atoms. The number of anilines is 1. The van der Waals surface area contributed by atoms with Gasteiger partial charge >= 0.3 is 0 Å². The van der Waals surface area contributed by atoms with Gasteiger partial charge in [-0.25, -0.2) is 0 Å². The normalized spacial score (nSPS) is 11.2. The second-order valence-electron chi connectivity index (χ2n) is 6.20. The highest BCUT2D eigenvalue weighted by Crippen LogP contribution is 2.16. The third kappa shape index (κ3) is 5.33. The molecule has 1 amide bonds. The lowest BCUT2D eigenvalue weighted by atomic mass is 9.96. The van der Waals surface area contributed by atoms with Crippen molar-refractivity contribution in [1.82, 2.24) is 5.32 Å². The Labute approximate surface area is 116 Å². The van der Waals surface area contributed by atoms with Crippen LogP contribution < -0.4 is 10.6 Å². The van der Waals surface area contributed by atoms with Crippen molar-refractivity contribution in [1.29, 1.82) is 0 Å². The van der Waals surface area contributed by atoms with Crippen LogP contribution in [0.4, 0.5) is 5.69 Å². The number of nitrogens with one attached hydrogen (secondary N) is 2. The molecule has 1 aromatic rings. The van der Waals surface area contributed by atoms with E-state index in [1.54, 1.807) is 0 Å². The van der Waals surface area contributed by atoms with Crippen molar-refractivity contribution >= 4 is 11.6 Å². The number of benzene rings is 1. The third-order valence-electron chi connectivity index (χ3n) is 2.83. The van der Waals surface area contributed by atoms with E-state index in [0.29, 0.717) is 6.54 Å². The summed E-state index contributed by atoms with van der Waals surface area (Å²) in [6, 6.07) is 5.89. The fourth-order valence-electron chi connectivity index (χ4n) is 1.74. The molecule has 106 valence electrons. The molecular weight excluding hydrogens is 236 g/mol. The van der Waals surface area contributed by atoms with E-state index in [1.165, 1.54) is 0 Å². The third-order valence-corrected chi connectivity index (χ3v) is 2.83. The van der Waals surface area contributed by atoms with Crippen molar-refractivity contribution in [3.63, 3.8) is 0 Å². The van der Waals surface area contributed by atoms with E-state index in [9.17, 15) is 4.79 Å². The van der Waals surface area contributed by atoms with Crippen molar-refractivity contribution in [2.75, 3.05) is 18.4 Å². The van der Waals surface area contributed by atoms with E-state index in [2.05, 4.69) is 38.3 Å². The van der Waals surface area contributed by atoms with Crippen LogP contribution >= 0.6 is 0 Å². The van der Waals surface area contributed by atoms with Gasteiger partial charge in [0.15, 0.2) is 0 Å². The standard InChI is InChI=1S/C16H26N2O/c1-6-9-17-13-7-8-14(12(2)10-13)15(19)18-11-16(3,4)5/h7-8,10,17H,6,9,11H2,1-5H3,(H,18,19). The van der Waals surface area contributed by atoms with Crippen molar-refractivity contribution in [2.24, 2.45) is 5.41 Å². The average Bonchev–Trinajstić information content (AvgIpc) is 2.32. The Morgan fingerprint density at radius 1 is 1.26 bits per heavy atom. The van der Waals surface area contributed by atoms with Gasteiger partial charge < -0.3 is 10.6 Å². The van der Waals surface area contributed by atoms with Crippen LogP contribution in [0.25, 0.3) is 0 Å². The molecule has 3 nitrogen and oxygen atoms in total. The lowest BCUT2D eigenvalue weighted by molar-refractivity contribution is 0.0938. The first-order valence-electron chi connectivity index (χ1n) is 6.96. The SMILES string of the molecule is CCCNc1ccc(C(=O)NCC(C)(C)C)c(C)c1. The summed E-state index contributed by atoms with van der Waals surface area (Å²) in [5.41, 5.74) is 2.94. The quantitative estimate of drug-likeness (QED) is 0.851. The number of rotatable bonds is 5. The second-order valence-corrected chi connectivity index (χ2v) is 6.20. The minimum Gasteiger partial charge on any atom is -0.385 e. The highest BCUT2D eigenvalue weighted by Gasteiger charge is 2.14. The summed E-state index contributed by atoms with van der Waals surface area (Å²) in [6.07, 6.45) is 1.09. The summed E-state index contributed by atoms with van der Waals surface area (Å²) in [4.78, 5) is 12.1. The molecule has 0 saturated carbocycles. The van der Waals surface area contributed by atoms with E-state index in [0.717, 1.165) is 29.8 Å². The molecule has 0 aliphatic carbocycles. The zero-order valence-corrected chi connectivity index (χ0v) is 12.8. The molecule has 0 heterocycles. The summed E-state index contributed by atoms with van der Waals surface area (Å²) in [7, 11) is 0. The molecule has 1 rings (SSSR count). The Hall–Kier alpha value is -1.51. The van der Waals surface area contributed by atoms with Crippen LogP contribution in [0, 0.1) is 12.3 Å². The largest absolute Gasteiger partial charge is 0.385 e. The molecule has 0 fully saturated rings. The summed E-state index contributed by atoms with van der Waals surface area (Å²) < 4.78 is 0. The molecular formula is C16H26N2O. The van der Waals surface area contributed by atoms with Crippen molar-refractivity contribution < 1.29 is 4.79 Å². The van der Waals surface area contributed by atoms with Gasteiger partial charge in [0, 0.05) is 24.3 Å². The fraction of sp³-hybridized carbons (Fsp3) is 0.562. The minimum absolute atomic E-state index is 0.00877. The zero-order valence-electron chi connectivity index (χ0n) is 12.8. The fourth-order valence-corrected chi connectivity index (χ4v) is 1.74. The smallest absolute Gasteiger partial charge is 0.251 e. The summed E-state index contributed by atoms with van der Waals surface area (Å²) in [5, 5.41) is 6.31. The molecule has 1 aromatic carbocycles. The molecule has 0 aromatic heterocycles. The number of aryl methyl sites for hydroxylation is 1. The van der Waals surface area contributed by atoms with Crippen LogP contribution in [-0.2, 0) is 0 Å². The van der Waals surface area contributed by atoms with Crippen LogP contribution in [0.3, 0.4) is 0 Å². The van der Waals surface area contributed by atoms with Gasteiger partial charge in [0.2, 0.25) is 0 Å². The first kappa shape index (κ1) is 15.5. The van der Waals surface area contributed by atoms with Crippen LogP contribution in [0.1, 0.15) is 50.0 Å². The second kappa shape index (κ2) is 6.60. The Morgan fingerprint density at radius 3 is 2.47 bits per heavy atom. The summed E-state index contributed by atoms with van der Waals surface area (Å²) >= 11 is 0. The number of hydrogen-bond donors (Lipinski definition) is 2. The monoisotopic (exact) mass is 262 g/mol. The zero-order chi connectivity index (χ0) is 14.5. The van der Waals surface area contributed by atoms with E-state index in [4.69, 9.17) is 0 Å². The summed E-state index contributed by atoms with van der Waals surface area (Å²) in [5.74, 6) is 0.00877. The Balaban J connectivity index is 2.70. The van der Waals surface area contributed by atoms with Crippen LogP contribution in [0.5, 0.6) is 0 Å². The predicted octanol–water partition coefficient (Wildman–Crippen LogP) is 3.59. The molecule has 2 N–H and O–H groups in total. The van der Waals surface area contributed by atoms with Gasteiger partial charge in [-0.1, -0.05) is 27.7 Å². The van der Waals surface area contributed by atoms with E-state index < -0.39 is 0 Å². The van der Waals surface area contributed by atoms with Gasteiger partial charge in [0.05, 0.1) is 0 Å². The van der Waals surface area contributed by atoms with Gasteiger partial charge in [0.1, 0.15) is 0 Å². The first-order chi connectivity index (χ1) is 8.83.